The summed E-state index contributed by atoms with van der Waals surface area (Å²) in [4.78, 5) is 31.3. The van der Waals surface area contributed by atoms with Crippen LogP contribution in [-0.4, -0.2) is 36.0 Å². The summed E-state index contributed by atoms with van der Waals surface area (Å²) in [5, 5.41) is 7.24. The molecule has 1 unspecified atom stereocenters. The van der Waals surface area contributed by atoms with Gasteiger partial charge in [0.1, 0.15) is 6.17 Å². The number of amides is 2. The SMILES string of the molecule is COC(=O)CCc1ccc2c(c1)N(Cc1ccccc1)C(NC(=O)Nc1ccc3cc[nH]c3c1)CS2. The van der Waals surface area contributed by atoms with Crippen molar-refractivity contribution in [1.29, 1.82) is 0 Å². The molecule has 7 nitrogen and oxygen atoms in total. The predicted octanol–water partition coefficient (Wildman–Crippen LogP) is 5.53. The van der Waals surface area contributed by atoms with Crippen LogP contribution in [0.1, 0.15) is 17.5 Å². The molecule has 4 aromatic rings. The normalized spacial score (nSPS) is 14.8. The number of fused-ring (bicyclic) bond motifs is 2. The van der Waals surface area contributed by atoms with Crippen LogP contribution >= 0.6 is 11.8 Å². The molecule has 5 rings (SSSR count). The average Bonchev–Trinajstić information content (AvgIpc) is 3.37. The number of nitrogens with one attached hydrogen (secondary N) is 3. The third kappa shape index (κ3) is 5.49. The lowest BCUT2D eigenvalue weighted by molar-refractivity contribution is -0.140. The fourth-order valence-electron chi connectivity index (χ4n) is 4.38. The Morgan fingerprint density at radius 1 is 1.06 bits per heavy atom. The van der Waals surface area contributed by atoms with Gasteiger partial charge in [0.2, 0.25) is 0 Å². The third-order valence-corrected chi connectivity index (χ3v) is 7.40. The van der Waals surface area contributed by atoms with Gasteiger partial charge in [-0.1, -0.05) is 42.5 Å². The first kappa shape index (κ1) is 23.8. The van der Waals surface area contributed by atoms with E-state index < -0.39 is 0 Å². The molecule has 0 bridgehead atoms. The molecule has 36 heavy (non-hydrogen) atoms. The number of anilines is 2. The van der Waals surface area contributed by atoms with Gasteiger partial charge < -0.3 is 25.3 Å². The summed E-state index contributed by atoms with van der Waals surface area (Å²) in [5.41, 5.74) is 4.96. The van der Waals surface area contributed by atoms with E-state index in [1.54, 1.807) is 11.8 Å². The molecule has 1 atom stereocenters. The number of ether oxygens (including phenoxy) is 1. The maximum absolute atomic E-state index is 13.0. The number of methoxy groups -OCH3 is 1. The van der Waals surface area contributed by atoms with Gasteiger partial charge in [-0.2, -0.15) is 0 Å². The second kappa shape index (κ2) is 10.8. The highest BCUT2D eigenvalue weighted by molar-refractivity contribution is 7.99. The number of hydrogen-bond acceptors (Lipinski definition) is 5. The van der Waals surface area contributed by atoms with Crippen LogP contribution in [0.25, 0.3) is 10.9 Å². The Balaban J connectivity index is 1.37. The van der Waals surface area contributed by atoms with Crippen molar-refractivity contribution in [3.63, 3.8) is 0 Å². The minimum absolute atomic E-state index is 0.215. The molecule has 2 heterocycles. The Kier molecular flexibility index (Phi) is 7.13. The van der Waals surface area contributed by atoms with E-state index in [4.69, 9.17) is 4.74 Å². The van der Waals surface area contributed by atoms with E-state index in [1.165, 1.54) is 7.11 Å². The Hall–Kier alpha value is -3.91. The van der Waals surface area contributed by atoms with Gasteiger partial charge in [0, 0.05) is 41.0 Å². The molecule has 8 heteroatoms. The number of aromatic amines is 1. The van der Waals surface area contributed by atoms with Crippen LogP contribution in [0.4, 0.5) is 16.2 Å². The zero-order chi connectivity index (χ0) is 24.9. The molecular weight excluding hydrogens is 472 g/mol. The smallest absolute Gasteiger partial charge is 0.320 e. The number of rotatable bonds is 7. The maximum Gasteiger partial charge on any atom is 0.320 e. The molecule has 3 N–H and O–H groups in total. The highest BCUT2D eigenvalue weighted by Gasteiger charge is 2.28. The van der Waals surface area contributed by atoms with Crippen molar-refractivity contribution in [3.8, 4) is 0 Å². The number of benzene rings is 3. The fourth-order valence-corrected chi connectivity index (χ4v) is 5.47. The summed E-state index contributed by atoms with van der Waals surface area (Å²) in [7, 11) is 1.41. The second-order valence-corrected chi connectivity index (χ2v) is 9.76. The van der Waals surface area contributed by atoms with Crippen molar-refractivity contribution < 1.29 is 14.3 Å². The van der Waals surface area contributed by atoms with E-state index in [2.05, 4.69) is 50.8 Å². The fraction of sp³-hybridized carbons (Fsp3) is 0.214. The molecule has 1 aliphatic rings. The van der Waals surface area contributed by atoms with Crippen LogP contribution in [0.2, 0.25) is 0 Å². The van der Waals surface area contributed by atoms with E-state index in [-0.39, 0.29) is 18.2 Å². The summed E-state index contributed by atoms with van der Waals surface area (Å²) in [6.45, 7) is 0.647. The number of thioether (sulfide) groups is 1. The summed E-state index contributed by atoms with van der Waals surface area (Å²) < 4.78 is 4.80. The lowest BCUT2D eigenvalue weighted by Crippen LogP contribution is -2.52. The van der Waals surface area contributed by atoms with Gasteiger partial charge in [-0.25, -0.2) is 4.79 Å². The van der Waals surface area contributed by atoms with E-state index in [9.17, 15) is 9.59 Å². The lowest BCUT2D eigenvalue weighted by atomic mass is 10.1. The van der Waals surface area contributed by atoms with E-state index in [1.807, 2.05) is 48.7 Å². The minimum atomic E-state index is -0.255. The Morgan fingerprint density at radius 2 is 1.92 bits per heavy atom. The summed E-state index contributed by atoms with van der Waals surface area (Å²) in [5.74, 6) is 0.488. The van der Waals surface area contributed by atoms with Crippen molar-refractivity contribution >= 4 is 46.0 Å². The number of carbonyl (C=O) groups excluding carboxylic acids is 2. The van der Waals surface area contributed by atoms with Crippen LogP contribution in [0.15, 0.2) is 83.9 Å². The molecule has 0 fully saturated rings. The predicted molar refractivity (Wildman–Crippen MR) is 144 cm³/mol. The number of urea groups is 1. The van der Waals surface area contributed by atoms with Gasteiger partial charge in [0.15, 0.2) is 0 Å². The van der Waals surface area contributed by atoms with Crippen LogP contribution in [0.5, 0.6) is 0 Å². The molecule has 1 aromatic heterocycles. The van der Waals surface area contributed by atoms with Crippen LogP contribution < -0.4 is 15.5 Å². The lowest BCUT2D eigenvalue weighted by Gasteiger charge is -2.39. The first-order valence-corrected chi connectivity index (χ1v) is 12.9. The largest absolute Gasteiger partial charge is 0.469 e. The molecule has 0 saturated carbocycles. The molecule has 0 spiro atoms. The molecule has 0 radical (unpaired) electrons. The van der Waals surface area contributed by atoms with Crippen LogP contribution in [0, 0.1) is 0 Å². The zero-order valence-corrected chi connectivity index (χ0v) is 20.8. The number of nitrogens with zero attached hydrogens (tertiary/aromatic N) is 1. The highest BCUT2D eigenvalue weighted by atomic mass is 32.2. The van der Waals surface area contributed by atoms with Crippen molar-refractivity contribution in [2.24, 2.45) is 0 Å². The van der Waals surface area contributed by atoms with Gasteiger partial charge in [-0.15, -0.1) is 11.8 Å². The topological polar surface area (TPSA) is 86.5 Å². The third-order valence-electron chi connectivity index (χ3n) is 6.26. The van der Waals surface area contributed by atoms with Gasteiger partial charge in [-0.05, 0) is 53.3 Å². The van der Waals surface area contributed by atoms with E-state index in [0.29, 0.717) is 25.1 Å². The second-order valence-electron chi connectivity index (χ2n) is 8.70. The number of aryl methyl sites for hydroxylation is 1. The van der Waals surface area contributed by atoms with Gasteiger partial charge in [-0.3, -0.25) is 4.79 Å². The maximum atomic E-state index is 13.0. The molecule has 1 aliphatic heterocycles. The number of hydrogen-bond donors (Lipinski definition) is 3. The van der Waals surface area contributed by atoms with Crippen molar-refractivity contribution in [1.82, 2.24) is 10.3 Å². The quantitative estimate of drug-likeness (QED) is 0.290. The molecule has 0 aliphatic carbocycles. The summed E-state index contributed by atoms with van der Waals surface area (Å²) in [6, 6.07) is 24.1. The van der Waals surface area contributed by atoms with E-state index >= 15 is 0 Å². The molecular formula is C28H28N4O3S. The number of carbonyl (C=O) groups is 2. The summed E-state index contributed by atoms with van der Waals surface area (Å²) >= 11 is 1.72. The first-order chi connectivity index (χ1) is 17.6. The van der Waals surface area contributed by atoms with Crippen molar-refractivity contribution in [2.45, 2.75) is 30.4 Å². The van der Waals surface area contributed by atoms with Crippen molar-refractivity contribution in [3.05, 3.63) is 90.1 Å². The van der Waals surface area contributed by atoms with Gasteiger partial charge >= 0.3 is 12.0 Å². The van der Waals surface area contributed by atoms with Crippen LogP contribution in [0.3, 0.4) is 0 Å². The molecule has 3 aromatic carbocycles. The Bertz CT molecular complexity index is 1370. The van der Waals surface area contributed by atoms with Crippen molar-refractivity contribution in [2.75, 3.05) is 23.1 Å². The van der Waals surface area contributed by atoms with Gasteiger partial charge in [0.25, 0.3) is 0 Å². The molecule has 0 saturated heterocycles. The van der Waals surface area contributed by atoms with Crippen LogP contribution in [-0.2, 0) is 22.5 Å². The Labute approximate surface area is 214 Å². The standard InChI is InChI=1S/C28H28N4O3S/c1-35-27(33)12-8-19-7-11-25-24(15-19)32(17-20-5-3-2-4-6-20)26(18-36-25)31-28(34)30-22-10-9-21-13-14-29-23(21)16-22/h2-7,9-11,13-16,26,29H,8,12,17-18H2,1H3,(H2,30,31,34). The first-order valence-electron chi connectivity index (χ1n) is 11.9. The molecule has 184 valence electrons. The minimum Gasteiger partial charge on any atom is -0.469 e. The number of esters is 1. The van der Waals surface area contributed by atoms with E-state index in [0.717, 1.165) is 38.3 Å². The summed E-state index contributed by atoms with van der Waals surface area (Å²) in [6.07, 6.45) is 2.60. The zero-order valence-electron chi connectivity index (χ0n) is 20.0. The monoisotopic (exact) mass is 500 g/mol. The number of H-pyrrole nitrogens is 1. The number of aromatic nitrogens is 1. The molecule has 2 amide bonds. The highest BCUT2D eigenvalue weighted by Crippen LogP contribution is 2.38. The van der Waals surface area contributed by atoms with Gasteiger partial charge in [0.05, 0.1) is 12.8 Å². The average molecular weight is 501 g/mol. The Morgan fingerprint density at radius 3 is 2.75 bits per heavy atom.